The van der Waals surface area contributed by atoms with Crippen LogP contribution in [0.3, 0.4) is 0 Å². The number of fused-ring (bicyclic) bond motifs is 7. The first-order valence-electron chi connectivity index (χ1n) is 24.5. The third-order valence-corrected chi connectivity index (χ3v) is 15.3. The predicted molar refractivity (Wildman–Crippen MR) is 286 cm³/mol. The van der Waals surface area contributed by atoms with Gasteiger partial charge in [-0.3, -0.25) is 0 Å². The molecule has 9 aromatic carbocycles. The number of furan rings is 1. The van der Waals surface area contributed by atoms with Crippen molar-refractivity contribution in [2.75, 3.05) is 9.80 Å². The van der Waals surface area contributed by atoms with E-state index in [2.05, 4.69) is 229 Å². The molecule has 2 atom stereocenters. The van der Waals surface area contributed by atoms with Crippen molar-refractivity contribution in [3.05, 3.63) is 235 Å². The van der Waals surface area contributed by atoms with Crippen molar-refractivity contribution < 1.29 is 4.42 Å². The molecule has 328 valence electrons. The van der Waals surface area contributed by atoms with Crippen molar-refractivity contribution in [2.24, 2.45) is 0 Å². The normalized spacial score (nSPS) is 17.8. The Morgan fingerprint density at radius 3 is 2.03 bits per heavy atom. The summed E-state index contributed by atoms with van der Waals surface area (Å²) >= 11 is 0. The summed E-state index contributed by atoms with van der Waals surface area (Å²) in [5, 5.41) is 4.69. The lowest BCUT2D eigenvalue weighted by molar-refractivity contribution is 0.286. The van der Waals surface area contributed by atoms with E-state index in [1.54, 1.807) is 0 Å². The summed E-state index contributed by atoms with van der Waals surface area (Å²) in [6.07, 6.45) is 12.2. The second kappa shape index (κ2) is 16.5. The van der Waals surface area contributed by atoms with Gasteiger partial charge < -0.3 is 14.2 Å². The smallest absolute Gasteiger partial charge is 0.143 e. The van der Waals surface area contributed by atoms with Crippen LogP contribution in [-0.2, 0) is 0 Å². The fourth-order valence-corrected chi connectivity index (χ4v) is 12.1. The maximum atomic E-state index is 6.52. The van der Waals surface area contributed by atoms with Crippen molar-refractivity contribution >= 4 is 61.0 Å². The molecule has 13 rings (SSSR count). The zero-order chi connectivity index (χ0) is 45.2. The summed E-state index contributed by atoms with van der Waals surface area (Å²) in [4.78, 5) is 5.15. The van der Waals surface area contributed by atoms with Crippen LogP contribution in [0, 0.1) is 0 Å². The van der Waals surface area contributed by atoms with Crippen molar-refractivity contribution in [1.29, 1.82) is 0 Å². The average Bonchev–Trinajstić information content (AvgIpc) is 3.92. The Hall–Kier alpha value is -7.88. The zero-order valence-electron chi connectivity index (χ0n) is 38.4. The lowest BCUT2D eigenvalue weighted by Gasteiger charge is -2.46. The molecule has 3 heteroatoms. The summed E-state index contributed by atoms with van der Waals surface area (Å²) < 4.78 is 6.52. The number of para-hydroxylation sites is 3. The zero-order valence-corrected chi connectivity index (χ0v) is 38.4. The van der Waals surface area contributed by atoms with Crippen LogP contribution >= 0.6 is 0 Å². The molecular weight excluding hydrogens is 825 g/mol. The SMILES string of the molecule is CC12CCCCC1c1ccccc1N2C1=CCCC=C1c1cccc(-c2ccc(N(c3ccc(-c4ccccc4-c4cccc5c4oc4ccccc45)cc3)c3cccc4ccccc34)cc2)c1. The predicted octanol–water partition coefficient (Wildman–Crippen LogP) is 18.2. The molecule has 1 fully saturated rings. The molecule has 2 unspecified atom stereocenters. The number of allylic oxidation sites excluding steroid dienone is 3. The molecule has 0 saturated heterocycles. The van der Waals surface area contributed by atoms with Gasteiger partial charge in [-0.25, -0.2) is 0 Å². The van der Waals surface area contributed by atoms with Gasteiger partial charge in [0.25, 0.3) is 0 Å². The molecule has 68 heavy (non-hydrogen) atoms. The molecule has 3 aliphatic rings. The van der Waals surface area contributed by atoms with E-state index in [1.807, 2.05) is 6.07 Å². The number of hydrogen-bond donors (Lipinski definition) is 0. The van der Waals surface area contributed by atoms with Crippen molar-refractivity contribution in [2.45, 2.75) is 56.9 Å². The summed E-state index contributed by atoms with van der Waals surface area (Å²) in [6.45, 7) is 2.53. The Morgan fingerprint density at radius 2 is 1.16 bits per heavy atom. The van der Waals surface area contributed by atoms with Gasteiger partial charge in [0.05, 0.1) is 5.69 Å². The average molecular weight is 877 g/mol. The second-order valence-corrected chi connectivity index (χ2v) is 19.2. The highest BCUT2D eigenvalue weighted by atomic mass is 16.3. The molecule has 0 amide bonds. The lowest BCUT2D eigenvalue weighted by Crippen LogP contribution is -2.47. The van der Waals surface area contributed by atoms with Gasteiger partial charge in [0.1, 0.15) is 11.2 Å². The number of benzene rings is 9. The van der Waals surface area contributed by atoms with Crippen LogP contribution in [0.25, 0.3) is 71.7 Å². The molecule has 1 aromatic heterocycles. The van der Waals surface area contributed by atoms with Crippen LogP contribution < -0.4 is 9.80 Å². The number of rotatable bonds is 8. The Balaban J connectivity index is 0.851. The standard InChI is InChI=1S/C65H52N2O/c1-65-42-13-12-29-59(65)58-26-7-10-31-62(58)67(65)61-30-9-6-23-53(61)48-20-14-19-47(43-48)44-34-38-49(39-35-44)66(60-32-15-18-45-17-2-3-22-52(45)60)50-40-36-46(37-41-50)51-21-4-5-24-54(51)56-27-16-28-57-55-25-8-11-33-63(55)68-64(56)57/h2-5,7-8,10-11,14-28,30-41,43,59H,6,9,12-13,29,42H2,1H3. The molecule has 3 nitrogen and oxygen atoms in total. The topological polar surface area (TPSA) is 19.6 Å². The summed E-state index contributed by atoms with van der Waals surface area (Å²) in [5.74, 6) is 0.569. The molecule has 1 saturated carbocycles. The van der Waals surface area contributed by atoms with Gasteiger partial charge >= 0.3 is 0 Å². The summed E-state index contributed by atoms with van der Waals surface area (Å²) in [6, 6.07) is 75.5. The highest BCUT2D eigenvalue weighted by Gasteiger charge is 2.50. The molecular formula is C65H52N2O. The minimum absolute atomic E-state index is 0.0871. The molecule has 0 N–H and O–H groups in total. The van der Waals surface area contributed by atoms with E-state index in [0.717, 1.165) is 68.5 Å². The Bertz CT molecular complexity index is 3610. The minimum atomic E-state index is 0.0871. The first-order valence-corrected chi connectivity index (χ1v) is 24.5. The molecule has 0 spiro atoms. The first-order chi connectivity index (χ1) is 33.6. The molecule has 0 bridgehead atoms. The van der Waals surface area contributed by atoms with Gasteiger partial charge in [0.15, 0.2) is 0 Å². The van der Waals surface area contributed by atoms with Crippen molar-refractivity contribution in [3.63, 3.8) is 0 Å². The second-order valence-electron chi connectivity index (χ2n) is 19.2. The molecule has 1 aliphatic heterocycles. The van der Waals surface area contributed by atoms with E-state index < -0.39 is 0 Å². The maximum Gasteiger partial charge on any atom is 0.143 e. The van der Waals surface area contributed by atoms with E-state index in [9.17, 15) is 0 Å². The minimum Gasteiger partial charge on any atom is -0.455 e. The van der Waals surface area contributed by atoms with E-state index in [1.165, 1.54) is 81.2 Å². The largest absolute Gasteiger partial charge is 0.455 e. The quantitative estimate of drug-likeness (QED) is 0.152. The number of anilines is 4. The van der Waals surface area contributed by atoms with Crippen LogP contribution in [0.4, 0.5) is 22.7 Å². The van der Waals surface area contributed by atoms with Gasteiger partial charge in [0.2, 0.25) is 0 Å². The van der Waals surface area contributed by atoms with Crippen molar-refractivity contribution in [3.8, 4) is 33.4 Å². The molecule has 10 aromatic rings. The van der Waals surface area contributed by atoms with E-state index in [-0.39, 0.29) is 5.54 Å². The first kappa shape index (κ1) is 40.4. The van der Waals surface area contributed by atoms with Gasteiger partial charge in [-0.2, -0.15) is 0 Å². The maximum absolute atomic E-state index is 6.52. The Morgan fingerprint density at radius 1 is 0.515 bits per heavy atom. The van der Waals surface area contributed by atoms with Gasteiger partial charge in [-0.05, 0) is 125 Å². The monoisotopic (exact) mass is 876 g/mol. The van der Waals surface area contributed by atoms with Crippen LogP contribution in [0.5, 0.6) is 0 Å². The molecule has 0 radical (unpaired) electrons. The van der Waals surface area contributed by atoms with E-state index >= 15 is 0 Å². The van der Waals surface area contributed by atoms with Gasteiger partial charge in [-0.15, -0.1) is 0 Å². The Kier molecular flexibility index (Phi) is 9.78. The van der Waals surface area contributed by atoms with Gasteiger partial charge in [-0.1, -0.05) is 183 Å². The lowest BCUT2D eigenvalue weighted by atomic mass is 9.72. The van der Waals surface area contributed by atoms with Crippen LogP contribution in [-0.4, -0.2) is 5.54 Å². The summed E-state index contributed by atoms with van der Waals surface area (Å²) in [7, 11) is 0. The number of hydrogen-bond acceptors (Lipinski definition) is 3. The van der Waals surface area contributed by atoms with E-state index in [0.29, 0.717) is 5.92 Å². The van der Waals surface area contributed by atoms with Crippen molar-refractivity contribution in [1.82, 2.24) is 0 Å². The summed E-state index contributed by atoms with van der Waals surface area (Å²) in [5.41, 5.74) is 19.2. The van der Waals surface area contributed by atoms with Crippen LogP contribution in [0.2, 0.25) is 0 Å². The third kappa shape index (κ3) is 6.63. The van der Waals surface area contributed by atoms with E-state index in [4.69, 9.17) is 4.42 Å². The Labute approximate surface area is 398 Å². The third-order valence-electron chi connectivity index (χ3n) is 15.3. The van der Waals surface area contributed by atoms with Crippen LogP contribution in [0.1, 0.15) is 62.5 Å². The fraction of sp³-hybridized carbons (Fsp3) is 0.138. The molecule has 2 heterocycles. The molecule has 2 aliphatic carbocycles. The fourth-order valence-electron chi connectivity index (χ4n) is 12.1. The number of nitrogens with zero attached hydrogens (tertiary/aromatic N) is 2. The highest BCUT2D eigenvalue weighted by molar-refractivity contribution is 6.10. The highest BCUT2D eigenvalue weighted by Crippen LogP contribution is 2.57. The van der Waals surface area contributed by atoms with Crippen LogP contribution in [0.15, 0.2) is 229 Å². The van der Waals surface area contributed by atoms with Gasteiger partial charge in [0, 0.05) is 61.5 Å².